The van der Waals surface area contributed by atoms with Gasteiger partial charge in [-0.3, -0.25) is 4.79 Å². The first-order valence-electron chi connectivity index (χ1n) is 6.54. The molecule has 1 amide bonds. The first kappa shape index (κ1) is 11.9. The Kier molecular flexibility index (Phi) is 3.24. The summed E-state index contributed by atoms with van der Waals surface area (Å²) in [7, 11) is 0. The molecule has 2 atom stereocenters. The number of likely N-dealkylation sites (tertiary alicyclic amines) is 1. The number of hydrogen-bond acceptors (Lipinski definition) is 2. The monoisotopic (exact) mass is 224 g/mol. The Hall–Kier alpha value is -0.570. The lowest BCUT2D eigenvalue weighted by atomic mass is 9.86. The van der Waals surface area contributed by atoms with Crippen LogP contribution in [0, 0.1) is 17.3 Å². The normalized spacial score (nSPS) is 31.6. The molecule has 0 bridgehead atoms. The van der Waals surface area contributed by atoms with Crippen molar-refractivity contribution in [2.45, 2.75) is 33.6 Å². The van der Waals surface area contributed by atoms with Crippen LogP contribution in [0.1, 0.15) is 33.6 Å². The number of carbonyl (C=O) groups is 1. The molecule has 0 aromatic carbocycles. The van der Waals surface area contributed by atoms with Crippen molar-refractivity contribution in [2.24, 2.45) is 17.3 Å². The van der Waals surface area contributed by atoms with E-state index in [0.29, 0.717) is 17.2 Å². The summed E-state index contributed by atoms with van der Waals surface area (Å²) >= 11 is 0. The molecule has 0 aromatic rings. The van der Waals surface area contributed by atoms with Crippen molar-refractivity contribution in [1.29, 1.82) is 0 Å². The molecular formula is C13H24N2O. The van der Waals surface area contributed by atoms with Gasteiger partial charge in [0.05, 0.1) is 0 Å². The second kappa shape index (κ2) is 4.36. The summed E-state index contributed by atoms with van der Waals surface area (Å²) in [5.74, 6) is 0.981. The Bertz CT molecular complexity index is 269. The van der Waals surface area contributed by atoms with Crippen LogP contribution in [0.15, 0.2) is 0 Å². The second-order valence-corrected chi connectivity index (χ2v) is 5.97. The second-order valence-electron chi connectivity index (χ2n) is 5.97. The van der Waals surface area contributed by atoms with Gasteiger partial charge in [0.25, 0.3) is 0 Å². The fourth-order valence-corrected chi connectivity index (χ4v) is 2.84. The minimum Gasteiger partial charge on any atom is -0.342 e. The van der Waals surface area contributed by atoms with Gasteiger partial charge in [-0.15, -0.1) is 0 Å². The fourth-order valence-electron chi connectivity index (χ4n) is 2.84. The van der Waals surface area contributed by atoms with Crippen LogP contribution in [0.4, 0.5) is 0 Å². The predicted octanol–water partition coefficient (Wildman–Crippen LogP) is 1.49. The summed E-state index contributed by atoms with van der Waals surface area (Å²) < 4.78 is 0. The molecule has 2 rings (SSSR count). The molecule has 92 valence electrons. The van der Waals surface area contributed by atoms with Gasteiger partial charge in [-0.1, -0.05) is 20.8 Å². The van der Waals surface area contributed by atoms with Crippen molar-refractivity contribution < 1.29 is 4.79 Å². The first-order valence-corrected chi connectivity index (χ1v) is 6.54. The van der Waals surface area contributed by atoms with Crippen LogP contribution < -0.4 is 5.32 Å². The molecule has 2 aliphatic heterocycles. The highest BCUT2D eigenvalue weighted by Gasteiger charge is 2.42. The number of carbonyl (C=O) groups excluding carboxylic acids is 1. The Morgan fingerprint density at radius 2 is 2.06 bits per heavy atom. The Labute approximate surface area is 98.6 Å². The zero-order valence-corrected chi connectivity index (χ0v) is 10.8. The molecule has 2 saturated heterocycles. The fraction of sp³-hybridized carbons (Fsp3) is 0.923. The SMILES string of the molecule is CC(C)C(C)C(=O)N1CCC2(CCNC2)C1. The number of nitrogens with zero attached hydrogens (tertiary/aromatic N) is 1. The highest BCUT2D eigenvalue weighted by molar-refractivity contribution is 5.79. The van der Waals surface area contributed by atoms with Crippen LogP contribution in [-0.2, 0) is 4.79 Å². The van der Waals surface area contributed by atoms with Gasteiger partial charge in [-0.05, 0) is 25.3 Å². The molecule has 0 saturated carbocycles. The minimum atomic E-state index is 0.171. The molecular weight excluding hydrogens is 200 g/mol. The van der Waals surface area contributed by atoms with Crippen LogP contribution in [-0.4, -0.2) is 37.0 Å². The molecule has 2 unspecified atom stereocenters. The minimum absolute atomic E-state index is 0.171. The average Bonchev–Trinajstić information content (AvgIpc) is 2.87. The third kappa shape index (κ3) is 2.10. The van der Waals surface area contributed by atoms with E-state index < -0.39 is 0 Å². The summed E-state index contributed by atoms with van der Waals surface area (Å²) in [4.78, 5) is 14.3. The zero-order chi connectivity index (χ0) is 11.8. The van der Waals surface area contributed by atoms with Gasteiger partial charge in [-0.2, -0.15) is 0 Å². The largest absolute Gasteiger partial charge is 0.342 e. The van der Waals surface area contributed by atoms with Crippen molar-refractivity contribution in [2.75, 3.05) is 26.2 Å². The average molecular weight is 224 g/mol. The molecule has 0 aliphatic carbocycles. The molecule has 2 fully saturated rings. The molecule has 2 aliphatic rings. The van der Waals surface area contributed by atoms with Gasteiger partial charge in [0.2, 0.25) is 5.91 Å². The van der Waals surface area contributed by atoms with E-state index in [1.807, 2.05) is 0 Å². The highest BCUT2D eigenvalue weighted by atomic mass is 16.2. The van der Waals surface area contributed by atoms with E-state index in [1.54, 1.807) is 0 Å². The lowest BCUT2D eigenvalue weighted by Gasteiger charge is -2.26. The number of rotatable bonds is 2. The van der Waals surface area contributed by atoms with Crippen molar-refractivity contribution in [3.05, 3.63) is 0 Å². The Morgan fingerprint density at radius 1 is 1.31 bits per heavy atom. The molecule has 0 aromatic heterocycles. The van der Waals surface area contributed by atoms with E-state index in [4.69, 9.17) is 0 Å². The number of amides is 1. The maximum absolute atomic E-state index is 12.2. The molecule has 16 heavy (non-hydrogen) atoms. The quantitative estimate of drug-likeness (QED) is 0.771. The molecule has 2 heterocycles. The topological polar surface area (TPSA) is 32.3 Å². The van der Waals surface area contributed by atoms with E-state index in [1.165, 1.54) is 12.8 Å². The van der Waals surface area contributed by atoms with Crippen molar-refractivity contribution in [3.63, 3.8) is 0 Å². The van der Waals surface area contributed by atoms with Crippen LogP contribution in [0.2, 0.25) is 0 Å². The zero-order valence-electron chi connectivity index (χ0n) is 10.8. The number of nitrogens with one attached hydrogen (secondary N) is 1. The number of hydrogen-bond donors (Lipinski definition) is 1. The molecule has 1 spiro atoms. The van der Waals surface area contributed by atoms with E-state index >= 15 is 0 Å². The van der Waals surface area contributed by atoms with Crippen molar-refractivity contribution in [3.8, 4) is 0 Å². The molecule has 1 N–H and O–H groups in total. The van der Waals surface area contributed by atoms with Gasteiger partial charge in [0.1, 0.15) is 0 Å². The van der Waals surface area contributed by atoms with Gasteiger partial charge >= 0.3 is 0 Å². The van der Waals surface area contributed by atoms with Crippen LogP contribution in [0.5, 0.6) is 0 Å². The summed E-state index contributed by atoms with van der Waals surface area (Å²) in [6, 6.07) is 0. The van der Waals surface area contributed by atoms with Crippen LogP contribution in [0.3, 0.4) is 0 Å². The maximum Gasteiger partial charge on any atom is 0.225 e. The predicted molar refractivity (Wildman–Crippen MR) is 65.1 cm³/mol. The van der Waals surface area contributed by atoms with E-state index in [-0.39, 0.29) is 5.92 Å². The highest BCUT2D eigenvalue weighted by Crippen LogP contribution is 2.36. The van der Waals surface area contributed by atoms with Crippen molar-refractivity contribution >= 4 is 5.91 Å². The summed E-state index contributed by atoms with van der Waals surface area (Å²) in [6.07, 6.45) is 2.43. The Balaban J connectivity index is 1.95. The standard InChI is InChI=1S/C13H24N2O/c1-10(2)11(3)12(16)15-7-5-13(9-15)4-6-14-8-13/h10-11,14H,4-9H2,1-3H3. The van der Waals surface area contributed by atoms with Gasteiger partial charge in [0.15, 0.2) is 0 Å². The van der Waals surface area contributed by atoms with Crippen molar-refractivity contribution in [1.82, 2.24) is 10.2 Å². The molecule has 3 nitrogen and oxygen atoms in total. The van der Waals surface area contributed by atoms with Crippen LogP contribution >= 0.6 is 0 Å². The van der Waals surface area contributed by atoms with Gasteiger partial charge in [-0.25, -0.2) is 0 Å². The lowest BCUT2D eigenvalue weighted by molar-refractivity contribution is -0.135. The Morgan fingerprint density at radius 3 is 2.62 bits per heavy atom. The van der Waals surface area contributed by atoms with E-state index in [2.05, 4.69) is 31.0 Å². The van der Waals surface area contributed by atoms with E-state index in [0.717, 1.165) is 26.2 Å². The smallest absolute Gasteiger partial charge is 0.225 e. The molecule has 0 radical (unpaired) electrons. The maximum atomic E-state index is 12.2. The van der Waals surface area contributed by atoms with Gasteiger partial charge < -0.3 is 10.2 Å². The third-order valence-electron chi connectivity index (χ3n) is 4.47. The van der Waals surface area contributed by atoms with Gasteiger partial charge in [0, 0.05) is 31.0 Å². The van der Waals surface area contributed by atoms with Crippen LogP contribution in [0.25, 0.3) is 0 Å². The summed E-state index contributed by atoms with van der Waals surface area (Å²) in [5, 5.41) is 3.43. The molecule has 3 heteroatoms. The van der Waals surface area contributed by atoms with E-state index in [9.17, 15) is 4.79 Å². The summed E-state index contributed by atoms with van der Waals surface area (Å²) in [5.41, 5.74) is 0.409. The third-order valence-corrected chi connectivity index (χ3v) is 4.47. The summed E-state index contributed by atoms with van der Waals surface area (Å²) in [6.45, 7) is 10.5. The lowest BCUT2D eigenvalue weighted by Crippen LogP contribution is -2.37. The first-order chi connectivity index (χ1) is 7.54.